The second-order valence-electron chi connectivity index (χ2n) is 7.32. The number of fused-ring (bicyclic) bond motifs is 2. The Kier molecular flexibility index (Phi) is 5.33. The second-order valence-corrected chi connectivity index (χ2v) is 8.29. The van der Waals surface area contributed by atoms with E-state index in [1.165, 1.54) is 11.8 Å². The molecule has 1 aliphatic heterocycles. The smallest absolute Gasteiger partial charge is 0.349 e. The van der Waals surface area contributed by atoms with Gasteiger partial charge in [0.25, 0.3) is 0 Å². The summed E-state index contributed by atoms with van der Waals surface area (Å²) in [4.78, 5) is 33.5. The topological polar surface area (TPSA) is 95.3 Å². The van der Waals surface area contributed by atoms with E-state index < -0.39 is 0 Å². The van der Waals surface area contributed by atoms with Gasteiger partial charge in [-0.3, -0.25) is 14.3 Å². The number of hydrogen-bond acceptors (Lipinski definition) is 7. The molecule has 158 valence electrons. The Labute approximate surface area is 182 Å². The van der Waals surface area contributed by atoms with Crippen molar-refractivity contribution >= 4 is 23.4 Å². The Morgan fingerprint density at radius 3 is 2.84 bits per heavy atom. The van der Waals surface area contributed by atoms with E-state index >= 15 is 0 Å². The molecule has 0 saturated heterocycles. The molecule has 0 radical (unpaired) electrons. The van der Waals surface area contributed by atoms with E-state index in [-0.39, 0.29) is 24.1 Å². The van der Waals surface area contributed by atoms with E-state index in [1.807, 2.05) is 12.1 Å². The molecule has 1 N–H and O–H groups in total. The first-order valence-electron chi connectivity index (χ1n) is 10.0. The van der Waals surface area contributed by atoms with Gasteiger partial charge in [-0.1, -0.05) is 11.8 Å². The number of nitrogens with zero attached hydrogens (tertiary/aromatic N) is 3. The number of rotatable bonds is 6. The van der Waals surface area contributed by atoms with E-state index in [0.29, 0.717) is 28.8 Å². The highest BCUT2D eigenvalue weighted by molar-refractivity contribution is 8.00. The molecule has 8 nitrogen and oxygen atoms in total. The molecule has 1 aliphatic carbocycles. The molecule has 2 aliphatic rings. The molecule has 0 spiro atoms. The minimum Gasteiger partial charge on any atom is -0.454 e. The van der Waals surface area contributed by atoms with Gasteiger partial charge in [0.2, 0.25) is 12.7 Å². The third-order valence-electron chi connectivity index (χ3n) is 5.29. The second kappa shape index (κ2) is 8.43. The van der Waals surface area contributed by atoms with Crippen molar-refractivity contribution in [1.82, 2.24) is 14.5 Å². The fourth-order valence-corrected chi connectivity index (χ4v) is 4.72. The van der Waals surface area contributed by atoms with Crippen LogP contribution in [0, 0.1) is 0 Å². The van der Waals surface area contributed by atoms with Crippen LogP contribution in [0.2, 0.25) is 0 Å². The van der Waals surface area contributed by atoms with Crippen molar-refractivity contribution in [2.24, 2.45) is 0 Å². The van der Waals surface area contributed by atoms with Gasteiger partial charge < -0.3 is 14.8 Å². The van der Waals surface area contributed by atoms with Gasteiger partial charge in [0, 0.05) is 35.4 Å². The molecule has 5 rings (SSSR count). The lowest BCUT2D eigenvalue weighted by Gasteiger charge is -2.14. The summed E-state index contributed by atoms with van der Waals surface area (Å²) in [5.74, 6) is 1.28. The zero-order chi connectivity index (χ0) is 21.2. The van der Waals surface area contributed by atoms with Crippen molar-refractivity contribution in [1.29, 1.82) is 0 Å². The minimum absolute atomic E-state index is 0.168. The summed E-state index contributed by atoms with van der Waals surface area (Å²) in [5.41, 5.74) is 3.47. The molecule has 1 amide bonds. The number of aromatic nitrogens is 3. The van der Waals surface area contributed by atoms with Gasteiger partial charge in [-0.15, -0.1) is 0 Å². The summed E-state index contributed by atoms with van der Waals surface area (Å²) in [6.07, 6.45) is 6.13. The maximum absolute atomic E-state index is 12.7. The maximum atomic E-state index is 12.7. The van der Waals surface area contributed by atoms with E-state index in [9.17, 15) is 9.59 Å². The number of carbonyl (C=O) groups excluding carboxylic acids is 1. The van der Waals surface area contributed by atoms with Gasteiger partial charge in [-0.05, 0) is 49.1 Å². The summed E-state index contributed by atoms with van der Waals surface area (Å²) in [6, 6.07) is 9.07. The van der Waals surface area contributed by atoms with Crippen molar-refractivity contribution in [3.05, 3.63) is 70.0 Å². The summed E-state index contributed by atoms with van der Waals surface area (Å²) in [7, 11) is 0. The monoisotopic (exact) mass is 436 g/mol. The van der Waals surface area contributed by atoms with Crippen LogP contribution in [0.3, 0.4) is 0 Å². The van der Waals surface area contributed by atoms with Crippen LogP contribution < -0.4 is 20.5 Å². The van der Waals surface area contributed by atoms with Crippen molar-refractivity contribution < 1.29 is 14.3 Å². The number of nitrogens with one attached hydrogen (secondary N) is 1. The molecule has 3 heterocycles. The van der Waals surface area contributed by atoms with Crippen LogP contribution in [0.15, 0.2) is 52.5 Å². The van der Waals surface area contributed by atoms with Crippen molar-refractivity contribution in [3.63, 3.8) is 0 Å². The average molecular weight is 436 g/mol. The number of benzene rings is 1. The van der Waals surface area contributed by atoms with E-state index in [4.69, 9.17) is 9.47 Å². The molecule has 9 heteroatoms. The molecular weight excluding hydrogens is 416 g/mol. The summed E-state index contributed by atoms with van der Waals surface area (Å²) >= 11 is 1.31. The molecular formula is C22H20N4O4S. The van der Waals surface area contributed by atoms with Crippen molar-refractivity contribution in [3.8, 4) is 11.5 Å². The summed E-state index contributed by atoms with van der Waals surface area (Å²) in [6.45, 7) is 0.665. The Morgan fingerprint density at radius 2 is 1.97 bits per heavy atom. The Bertz CT molecular complexity index is 1200. The highest BCUT2D eigenvalue weighted by atomic mass is 32.2. The third-order valence-corrected chi connectivity index (χ3v) is 6.30. The highest BCUT2D eigenvalue weighted by Crippen LogP contribution is 2.34. The lowest BCUT2D eigenvalue weighted by atomic mass is 10.2. The van der Waals surface area contributed by atoms with Crippen LogP contribution in [0.25, 0.3) is 0 Å². The van der Waals surface area contributed by atoms with Crippen LogP contribution in [-0.2, 0) is 24.2 Å². The fourth-order valence-electron chi connectivity index (χ4n) is 3.84. The summed E-state index contributed by atoms with van der Waals surface area (Å²) < 4.78 is 12.4. The molecule has 0 unspecified atom stereocenters. The minimum atomic E-state index is -0.281. The first-order valence-corrected chi connectivity index (χ1v) is 11.0. The molecule has 31 heavy (non-hydrogen) atoms. The highest BCUT2D eigenvalue weighted by Gasteiger charge is 2.23. The molecule has 1 aromatic carbocycles. The predicted molar refractivity (Wildman–Crippen MR) is 116 cm³/mol. The molecule has 0 saturated carbocycles. The standard InChI is InChI=1S/C22H20N4O4S/c27-20(24-15-4-5-18-19(10-15)30-13-29-18)12-31-21-16-2-1-3-17(16)26(22(28)25-21)11-14-6-8-23-9-7-14/h4-10H,1-3,11-13H2,(H,24,27). The van der Waals surface area contributed by atoms with Gasteiger partial charge >= 0.3 is 5.69 Å². The number of hydrogen-bond donors (Lipinski definition) is 1. The first-order chi connectivity index (χ1) is 15.2. The maximum Gasteiger partial charge on any atom is 0.349 e. The van der Waals surface area contributed by atoms with Gasteiger partial charge in [-0.2, -0.15) is 4.98 Å². The summed E-state index contributed by atoms with van der Waals surface area (Å²) in [5, 5.41) is 3.51. The van der Waals surface area contributed by atoms with Crippen molar-refractivity contribution in [2.45, 2.75) is 30.8 Å². The molecule has 0 bridgehead atoms. The molecule has 3 aromatic rings. The number of anilines is 1. The predicted octanol–water partition coefficient (Wildman–Crippen LogP) is 2.63. The largest absolute Gasteiger partial charge is 0.454 e. The van der Waals surface area contributed by atoms with E-state index in [0.717, 1.165) is 36.1 Å². The molecule has 2 aromatic heterocycles. The first kappa shape index (κ1) is 19.6. The average Bonchev–Trinajstić information content (AvgIpc) is 3.44. The number of pyridine rings is 1. The van der Waals surface area contributed by atoms with Gasteiger partial charge in [-0.25, -0.2) is 4.79 Å². The molecule has 0 atom stereocenters. The zero-order valence-corrected chi connectivity index (χ0v) is 17.5. The quantitative estimate of drug-likeness (QED) is 0.469. The van der Waals surface area contributed by atoms with Gasteiger partial charge in [0.1, 0.15) is 5.03 Å². The van der Waals surface area contributed by atoms with Gasteiger partial charge in [0.15, 0.2) is 11.5 Å². The SMILES string of the molecule is O=C(CSc1nc(=O)n(Cc2ccncc2)c2c1CCC2)Nc1ccc2c(c1)OCO2. The zero-order valence-electron chi connectivity index (χ0n) is 16.7. The van der Waals surface area contributed by atoms with Gasteiger partial charge in [0.05, 0.1) is 12.3 Å². The van der Waals surface area contributed by atoms with Crippen LogP contribution in [0.5, 0.6) is 11.5 Å². The number of thioether (sulfide) groups is 1. The molecule has 0 fully saturated rings. The van der Waals surface area contributed by atoms with Crippen LogP contribution in [0.4, 0.5) is 5.69 Å². The normalized spacial score (nSPS) is 13.8. The Balaban J connectivity index is 1.29. The van der Waals surface area contributed by atoms with Crippen molar-refractivity contribution in [2.75, 3.05) is 17.9 Å². The lowest BCUT2D eigenvalue weighted by Crippen LogP contribution is -2.28. The fraction of sp³-hybridized carbons (Fsp3) is 0.273. The third kappa shape index (κ3) is 4.13. The number of carbonyl (C=O) groups is 1. The number of amides is 1. The van der Waals surface area contributed by atoms with E-state index in [1.54, 1.807) is 35.2 Å². The van der Waals surface area contributed by atoms with Crippen LogP contribution in [-0.4, -0.2) is 33.0 Å². The lowest BCUT2D eigenvalue weighted by molar-refractivity contribution is -0.113. The Morgan fingerprint density at radius 1 is 1.13 bits per heavy atom. The Hall–Kier alpha value is -3.33. The van der Waals surface area contributed by atoms with Crippen LogP contribution in [0.1, 0.15) is 23.2 Å². The number of ether oxygens (including phenoxy) is 2. The van der Waals surface area contributed by atoms with Crippen LogP contribution >= 0.6 is 11.8 Å². The van der Waals surface area contributed by atoms with E-state index in [2.05, 4.69) is 15.3 Å².